The van der Waals surface area contributed by atoms with Crippen LogP contribution in [0.3, 0.4) is 0 Å². The standard InChI is InChI=1S/C22H22N2O4S/c1-22(2,3)20(26)24-21(29)23-14-9-10-15(18(12-14)27-4)16-11-13-7-5-6-8-17(13)28-19(16)25/h5-12H,1-4H3,(H2,23,24,26,29). The van der Waals surface area contributed by atoms with E-state index in [0.29, 0.717) is 28.1 Å². The average Bonchev–Trinajstić information content (AvgIpc) is 2.66. The molecule has 0 atom stereocenters. The molecule has 1 amide bonds. The van der Waals surface area contributed by atoms with Gasteiger partial charge >= 0.3 is 5.63 Å². The van der Waals surface area contributed by atoms with Crippen LogP contribution in [0.1, 0.15) is 20.8 Å². The van der Waals surface area contributed by atoms with Crippen molar-refractivity contribution in [2.75, 3.05) is 12.4 Å². The Bertz CT molecular complexity index is 1150. The molecule has 6 nitrogen and oxygen atoms in total. The molecule has 1 heterocycles. The van der Waals surface area contributed by atoms with Crippen molar-refractivity contribution in [1.29, 1.82) is 0 Å². The van der Waals surface area contributed by atoms with Gasteiger partial charge in [-0.15, -0.1) is 0 Å². The number of para-hydroxylation sites is 1. The third-order valence-electron chi connectivity index (χ3n) is 4.30. The van der Waals surface area contributed by atoms with Gasteiger partial charge in [-0.25, -0.2) is 4.79 Å². The van der Waals surface area contributed by atoms with E-state index in [9.17, 15) is 9.59 Å². The maximum atomic E-state index is 12.5. The first-order valence-corrected chi connectivity index (χ1v) is 9.43. The summed E-state index contributed by atoms with van der Waals surface area (Å²) < 4.78 is 10.9. The predicted octanol–water partition coefficient (Wildman–Crippen LogP) is 4.33. The number of ether oxygens (including phenoxy) is 1. The lowest BCUT2D eigenvalue weighted by molar-refractivity contribution is -0.126. The lowest BCUT2D eigenvalue weighted by Gasteiger charge is -2.19. The lowest BCUT2D eigenvalue weighted by Crippen LogP contribution is -2.41. The molecule has 2 aromatic carbocycles. The molecule has 0 aliphatic carbocycles. The molecule has 0 unspecified atom stereocenters. The largest absolute Gasteiger partial charge is 0.496 e. The Morgan fingerprint density at radius 3 is 2.48 bits per heavy atom. The molecule has 1 aromatic heterocycles. The molecule has 0 saturated carbocycles. The lowest BCUT2D eigenvalue weighted by atomic mass is 9.96. The van der Waals surface area contributed by atoms with Crippen LogP contribution < -0.4 is 21.0 Å². The van der Waals surface area contributed by atoms with Crippen LogP contribution in [0.15, 0.2) is 57.7 Å². The quantitative estimate of drug-likeness (QED) is 0.494. The molecule has 150 valence electrons. The van der Waals surface area contributed by atoms with Crippen LogP contribution in [0.5, 0.6) is 5.75 Å². The third-order valence-corrected chi connectivity index (χ3v) is 4.50. The smallest absolute Gasteiger partial charge is 0.344 e. The number of benzene rings is 2. The van der Waals surface area contributed by atoms with Gasteiger partial charge in [-0.3, -0.25) is 4.79 Å². The van der Waals surface area contributed by atoms with E-state index in [2.05, 4.69) is 10.6 Å². The number of hydrogen-bond acceptors (Lipinski definition) is 5. The molecule has 0 radical (unpaired) electrons. The monoisotopic (exact) mass is 410 g/mol. The van der Waals surface area contributed by atoms with Crippen molar-refractivity contribution in [3.63, 3.8) is 0 Å². The van der Waals surface area contributed by atoms with Gasteiger partial charge in [0.05, 0.1) is 12.7 Å². The van der Waals surface area contributed by atoms with Crippen LogP contribution in [-0.2, 0) is 4.79 Å². The van der Waals surface area contributed by atoms with Crippen molar-refractivity contribution >= 4 is 39.9 Å². The van der Waals surface area contributed by atoms with E-state index in [1.807, 2.05) is 18.2 Å². The predicted molar refractivity (Wildman–Crippen MR) is 118 cm³/mol. The van der Waals surface area contributed by atoms with Gasteiger partial charge in [-0.2, -0.15) is 0 Å². The normalized spacial score (nSPS) is 11.2. The van der Waals surface area contributed by atoms with Gasteiger partial charge in [0.15, 0.2) is 5.11 Å². The Labute approximate surface area is 173 Å². The van der Waals surface area contributed by atoms with E-state index >= 15 is 0 Å². The molecule has 29 heavy (non-hydrogen) atoms. The number of methoxy groups -OCH3 is 1. The Morgan fingerprint density at radius 2 is 1.79 bits per heavy atom. The van der Waals surface area contributed by atoms with Crippen LogP contribution in [0.4, 0.5) is 5.69 Å². The van der Waals surface area contributed by atoms with Gasteiger partial charge in [0.2, 0.25) is 5.91 Å². The maximum Gasteiger partial charge on any atom is 0.344 e. The fourth-order valence-electron chi connectivity index (χ4n) is 2.69. The minimum atomic E-state index is -0.558. The fourth-order valence-corrected chi connectivity index (χ4v) is 2.90. The number of hydrogen-bond donors (Lipinski definition) is 2. The van der Waals surface area contributed by atoms with E-state index in [-0.39, 0.29) is 11.0 Å². The summed E-state index contributed by atoms with van der Waals surface area (Å²) in [4.78, 5) is 24.5. The number of carbonyl (C=O) groups excluding carboxylic acids is 1. The zero-order valence-electron chi connectivity index (χ0n) is 16.7. The summed E-state index contributed by atoms with van der Waals surface area (Å²) in [6, 6.07) is 14.3. The molecule has 3 rings (SSSR count). The molecule has 0 aliphatic heterocycles. The first-order valence-electron chi connectivity index (χ1n) is 9.03. The van der Waals surface area contributed by atoms with Crippen molar-refractivity contribution in [2.24, 2.45) is 5.41 Å². The summed E-state index contributed by atoms with van der Waals surface area (Å²) in [7, 11) is 1.52. The first-order chi connectivity index (χ1) is 13.7. The Balaban J connectivity index is 1.90. The second kappa shape index (κ2) is 8.05. The summed E-state index contributed by atoms with van der Waals surface area (Å²) in [5, 5.41) is 6.62. The number of thiocarbonyl (C=S) groups is 1. The van der Waals surface area contributed by atoms with Crippen LogP contribution in [-0.4, -0.2) is 18.1 Å². The average molecular weight is 410 g/mol. The number of fused-ring (bicyclic) bond motifs is 1. The van der Waals surface area contributed by atoms with Gasteiger partial charge in [0, 0.05) is 28.1 Å². The van der Waals surface area contributed by atoms with Crippen LogP contribution in [0.2, 0.25) is 0 Å². The summed E-state index contributed by atoms with van der Waals surface area (Å²) in [5.41, 5.74) is 1.14. The molecule has 3 aromatic rings. The Hall–Kier alpha value is -3.19. The van der Waals surface area contributed by atoms with E-state index < -0.39 is 11.0 Å². The highest BCUT2D eigenvalue weighted by Gasteiger charge is 2.22. The third kappa shape index (κ3) is 4.63. The topological polar surface area (TPSA) is 80.6 Å². The van der Waals surface area contributed by atoms with Crippen molar-refractivity contribution in [3.8, 4) is 16.9 Å². The van der Waals surface area contributed by atoms with E-state index in [0.717, 1.165) is 5.39 Å². The first kappa shape index (κ1) is 20.5. The van der Waals surface area contributed by atoms with Crippen molar-refractivity contribution in [3.05, 3.63) is 59.0 Å². The van der Waals surface area contributed by atoms with Crippen LogP contribution in [0.25, 0.3) is 22.1 Å². The van der Waals surface area contributed by atoms with Gasteiger partial charge in [-0.05, 0) is 36.5 Å². The van der Waals surface area contributed by atoms with Crippen LogP contribution in [0, 0.1) is 5.41 Å². The van der Waals surface area contributed by atoms with E-state index in [1.165, 1.54) is 7.11 Å². The zero-order valence-corrected chi connectivity index (χ0v) is 17.5. The molecule has 0 saturated heterocycles. The number of carbonyl (C=O) groups is 1. The number of amides is 1. The van der Waals surface area contributed by atoms with Crippen LogP contribution >= 0.6 is 12.2 Å². The molecule has 0 spiro atoms. The highest BCUT2D eigenvalue weighted by atomic mass is 32.1. The Kier molecular flexibility index (Phi) is 5.70. The molecule has 7 heteroatoms. The van der Waals surface area contributed by atoms with Gasteiger partial charge in [0.25, 0.3) is 0 Å². The molecule has 2 N–H and O–H groups in total. The van der Waals surface area contributed by atoms with Crippen molar-refractivity contribution in [2.45, 2.75) is 20.8 Å². The Morgan fingerprint density at radius 1 is 1.07 bits per heavy atom. The van der Waals surface area contributed by atoms with Crippen molar-refractivity contribution < 1.29 is 13.9 Å². The van der Waals surface area contributed by atoms with Crippen molar-refractivity contribution in [1.82, 2.24) is 5.32 Å². The number of anilines is 1. The fraction of sp³-hybridized carbons (Fsp3) is 0.227. The molecule has 0 fully saturated rings. The molecular weight excluding hydrogens is 388 g/mol. The van der Waals surface area contributed by atoms with E-state index in [4.69, 9.17) is 21.4 Å². The maximum absolute atomic E-state index is 12.5. The molecule has 0 aliphatic rings. The zero-order chi connectivity index (χ0) is 21.2. The van der Waals surface area contributed by atoms with Gasteiger partial charge in [0.1, 0.15) is 11.3 Å². The summed E-state index contributed by atoms with van der Waals surface area (Å²) in [5.74, 6) is 0.287. The molecule has 0 bridgehead atoms. The number of nitrogens with one attached hydrogen (secondary N) is 2. The van der Waals surface area contributed by atoms with E-state index in [1.54, 1.807) is 51.1 Å². The molecular formula is C22H22N2O4S. The number of rotatable bonds is 3. The second-order valence-corrected chi connectivity index (χ2v) is 7.97. The van der Waals surface area contributed by atoms with Gasteiger partial charge < -0.3 is 19.8 Å². The van der Waals surface area contributed by atoms with Gasteiger partial charge in [-0.1, -0.05) is 39.0 Å². The highest BCUT2D eigenvalue weighted by Crippen LogP contribution is 2.32. The summed E-state index contributed by atoms with van der Waals surface area (Å²) in [6.45, 7) is 5.41. The minimum absolute atomic E-state index is 0.185. The minimum Gasteiger partial charge on any atom is -0.496 e. The SMILES string of the molecule is COc1cc(NC(=S)NC(=O)C(C)(C)C)ccc1-c1cc2ccccc2oc1=O. The second-order valence-electron chi connectivity index (χ2n) is 7.56. The summed E-state index contributed by atoms with van der Waals surface area (Å²) >= 11 is 5.21. The highest BCUT2D eigenvalue weighted by molar-refractivity contribution is 7.80. The summed E-state index contributed by atoms with van der Waals surface area (Å²) in [6.07, 6.45) is 0.